The Hall–Kier alpha value is -0.470. The van der Waals surface area contributed by atoms with Crippen LogP contribution in [0.4, 0.5) is 0 Å². The molecule has 0 aliphatic rings. The molecule has 110 valence electrons. The fourth-order valence-electron chi connectivity index (χ4n) is 1.80. The highest BCUT2D eigenvalue weighted by Crippen LogP contribution is 2.26. The minimum Gasteiger partial charge on any atom is -0.383 e. The van der Waals surface area contributed by atoms with Crippen molar-refractivity contribution in [2.45, 2.75) is 37.8 Å². The number of rotatable bonds is 8. The highest BCUT2D eigenvalue weighted by Gasteiger charge is 2.30. The molecule has 7 heteroatoms. The largest absolute Gasteiger partial charge is 0.383 e. The highest BCUT2D eigenvalue weighted by atomic mass is 32.2. The van der Waals surface area contributed by atoms with Crippen LogP contribution in [0.1, 0.15) is 25.1 Å². The van der Waals surface area contributed by atoms with E-state index in [0.717, 1.165) is 6.42 Å². The standard InChI is InChI=1S/C12H22N2O3S2/c1-4-10(2)14(6-7-17-3)19(15,16)12-5-8-18-11(12)9-13/h5,8,10H,4,6-7,9,13H2,1-3H3. The van der Waals surface area contributed by atoms with Crippen LogP contribution in [0.5, 0.6) is 0 Å². The Morgan fingerprint density at radius 1 is 1.53 bits per heavy atom. The fourth-order valence-corrected chi connectivity index (χ4v) is 4.79. The van der Waals surface area contributed by atoms with E-state index in [1.54, 1.807) is 18.6 Å². The molecular weight excluding hydrogens is 284 g/mol. The van der Waals surface area contributed by atoms with Crippen LogP contribution in [0.3, 0.4) is 0 Å². The molecule has 19 heavy (non-hydrogen) atoms. The van der Waals surface area contributed by atoms with Crippen LogP contribution in [0, 0.1) is 0 Å². The molecule has 0 amide bonds. The predicted molar refractivity (Wildman–Crippen MR) is 77.7 cm³/mol. The van der Waals surface area contributed by atoms with Gasteiger partial charge in [-0.25, -0.2) is 8.42 Å². The van der Waals surface area contributed by atoms with E-state index in [-0.39, 0.29) is 12.6 Å². The molecule has 0 aromatic carbocycles. The molecule has 0 bridgehead atoms. The number of nitrogens with two attached hydrogens (primary N) is 1. The van der Waals surface area contributed by atoms with E-state index >= 15 is 0 Å². The van der Waals surface area contributed by atoms with Crippen molar-refractivity contribution >= 4 is 21.4 Å². The van der Waals surface area contributed by atoms with Crippen molar-refractivity contribution in [1.29, 1.82) is 0 Å². The predicted octanol–water partition coefficient (Wildman–Crippen LogP) is 1.64. The number of methoxy groups -OCH3 is 1. The molecule has 1 atom stereocenters. The highest BCUT2D eigenvalue weighted by molar-refractivity contribution is 7.89. The second-order valence-electron chi connectivity index (χ2n) is 4.28. The third-order valence-corrected chi connectivity index (χ3v) is 6.25. The lowest BCUT2D eigenvalue weighted by atomic mass is 10.3. The van der Waals surface area contributed by atoms with Gasteiger partial charge in [-0.1, -0.05) is 6.92 Å². The van der Waals surface area contributed by atoms with E-state index < -0.39 is 10.0 Å². The zero-order valence-corrected chi connectivity index (χ0v) is 13.3. The Balaban J connectivity index is 3.12. The number of hydrogen-bond donors (Lipinski definition) is 1. The summed E-state index contributed by atoms with van der Waals surface area (Å²) in [5.74, 6) is 0. The Morgan fingerprint density at radius 2 is 2.21 bits per heavy atom. The van der Waals surface area contributed by atoms with Crippen LogP contribution < -0.4 is 5.73 Å². The third-order valence-electron chi connectivity index (χ3n) is 3.07. The molecule has 0 saturated heterocycles. The summed E-state index contributed by atoms with van der Waals surface area (Å²) in [6, 6.07) is 1.57. The van der Waals surface area contributed by atoms with Crippen LogP contribution in [0.25, 0.3) is 0 Å². The van der Waals surface area contributed by atoms with Crippen molar-refractivity contribution in [2.75, 3.05) is 20.3 Å². The summed E-state index contributed by atoms with van der Waals surface area (Å²) in [7, 11) is -1.93. The molecule has 1 aromatic rings. The Bertz CT molecular complexity index is 485. The lowest BCUT2D eigenvalue weighted by molar-refractivity contribution is 0.167. The SMILES string of the molecule is CCC(C)N(CCOC)S(=O)(=O)c1ccsc1CN. The van der Waals surface area contributed by atoms with E-state index in [2.05, 4.69) is 0 Å². The number of hydrogen-bond acceptors (Lipinski definition) is 5. The smallest absolute Gasteiger partial charge is 0.244 e. The van der Waals surface area contributed by atoms with Crippen molar-refractivity contribution < 1.29 is 13.2 Å². The number of nitrogens with zero attached hydrogens (tertiary/aromatic N) is 1. The molecule has 0 radical (unpaired) electrons. The maximum Gasteiger partial charge on any atom is 0.244 e. The summed E-state index contributed by atoms with van der Waals surface area (Å²) >= 11 is 1.37. The Labute approximate surface area is 119 Å². The Kier molecular flexibility index (Phi) is 6.41. The minimum absolute atomic E-state index is 0.0642. The maximum absolute atomic E-state index is 12.7. The van der Waals surface area contributed by atoms with Gasteiger partial charge < -0.3 is 10.5 Å². The molecule has 1 heterocycles. The van der Waals surface area contributed by atoms with Crippen LogP contribution >= 0.6 is 11.3 Å². The van der Waals surface area contributed by atoms with Gasteiger partial charge in [0.1, 0.15) is 0 Å². The molecule has 0 saturated carbocycles. The zero-order valence-electron chi connectivity index (χ0n) is 11.6. The average Bonchev–Trinajstić information content (AvgIpc) is 2.87. The average molecular weight is 306 g/mol. The Morgan fingerprint density at radius 3 is 2.74 bits per heavy atom. The molecule has 5 nitrogen and oxygen atoms in total. The zero-order chi connectivity index (χ0) is 14.5. The van der Waals surface area contributed by atoms with E-state index in [1.165, 1.54) is 15.6 Å². The monoisotopic (exact) mass is 306 g/mol. The number of ether oxygens (including phenoxy) is 1. The summed E-state index contributed by atoms with van der Waals surface area (Å²) in [5.41, 5.74) is 5.60. The van der Waals surface area contributed by atoms with Crippen molar-refractivity contribution in [1.82, 2.24) is 4.31 Å². The molecule has 2 N–H and O–H groups in total. The van der Waals surface area contributed by atoms with Crippen molar-refractivity contribution in [3.63, 3.8) is 0 Å². The second kappa shape index (κ2) is 7.35. The van der Waals surface area contributed by atoms with Crippen molar-refractivity contribution in [3.05, 3.63) is 16.3 Å². The van der Waals surface area contributed by atoms with E-state index in [9.17, 15) is 8.42 Å². The first-order valence-corrected chi connectivity index (χ1v) is 8.58. The summed E-state index contributed by atoms with van der Waals surface area (Å²) in [6.07, 6.45) is 0.755. The topological polar surface area (TPSA) is 72.6 Å². The fraction of sp³-hybridized carbons (Fsp3) is 0.667. The molecular formula is C12H22N2O3S2. The molecule has 0 fully saturated rings. The summed E-state index contributed by atoms with van der Waals surface area (Å²) < 4.78 is 31.9. The van der Waals surface area contributed by atoms with Gasteiger partial charge in [-0.3, -0.25) is 0 Å². The van der Waals surface area contributed by atoms with Crippen LogP contribution in [0.2, 0.25) is 0 Å². The normalized spacial score (nSPS) is 13.9. The quantitative estimate of drug-likeness (QED) is 0.792. The summed E-state index contributed by atoms with van der Waals surface area (Å²) in [6.45, 7) is 4.85. The van der Waals surface area contributed by atoms with Crippen LogP contribution in [0.15, 0.2) is 16.3 Å². The maximum atomic E-state index is 12.7. The lowest BCUT2D eigenvalue weighted by Gasteiger charge is -2.27. The third kappa shape index (κ3) is 3.76. The summed E-state index contributed by atoms with van der Waals surface area (Å²) in [5, 5.41) is 1.76. The first-order valence-electron chi connectivity index (χ1n) is 6.26. The minimum atomic E-state index is -3.50. The molecule has 1 rings (SSSR count). The van der Waals surface area contributed by atoms with E-state index in [4.69, 9.17) is 10.5 Å². The van der Waals surface area contributed by atoms with Gasteiger partial charge in [0.25, 0.3) is 0 Å². The molecule has 0 aliphatic carbocycles. The van der Waals surface area contributed by atoms with E-state index in [0.29, 0.717) is 22.9 Å². The van der Waals surface area contributed by atoms with Gasteiger partial charge in [0, 0.05) is 31.1 Å². The van der Waals surface area contributed by atoms with Crippen LogP contribution in [-0.2, 0) is 21.3 Å². The molecule has 1 unspecified atom stereocenters. The van der Waals surface area contributed by atoms with Gasteiger partial charge in [0.2, 0.25) is 10.0 Å². The second-order valence-corrected chi connectivity index (χ2v) is 7.14. The van der Waals surface area contributed by atoms with E-state index in [1.807, 2.05) is 13.8 Å². The first kappa shape index (κ1) is 16.6. The van der Waals surface area contributed by atoms with Gasteiger partial charge in [0.15, 0.2) is 0 Å². The molecule has 0 spiro atoms. The van der Waals surface area contributed by atoms with Gasteiger partial charge in [-0.2, -0.15) is 4.31 Å². The van der Waals surface area contributed by atoms with Gasteiger partial charge in [0.05, 0.1) is 11.5 Å². The first-order chi connectivity index (χ1) is 8.98. The number of thiophene rings is 1. The van der Waals surface area contributed by atoms with Crippen molar-refractivity contribution in [2.24, 2.45) is 5.73 Å². The van der Waals surface area contributed by atoms with Crippen molar-refractivity contribution in [3.8, 4) is 0 Å². The lowest BCUT2D eigenvalue weighted by Crippen LogP contribution is -2.40. The number of sulfonamides is 1. The summed E-state index contributed by atoms with van der Waals surface area (Å²) in [4.78, 5) is 1.03. The molecule has 0 aliphatic heterocycles. The van der Waals surface area contributed by atoms with Gasteiger partial charge in [-0.05, 0) is 24.8 Å². The van der Waals surface area contributed by atoms with Gasteiger partial charge >= 0.3 is 0 Å². The van der Waals surface area contributed by atoms with Gasteiger partial charge in [-0.15, -0.1) is 11.3 Å². The van der Waals surface area contributed by atoms with Crippen LogP contribution in [-0.4, -0.2) is 39.0 Å². The molecule has 1 aromatic heterocycles.